The smallest absolute Gasteiger partial charge is 0.249 e. The second-order valence-electron chi connectivity index (χ2n) is 8.68. The summed E-state index contributed by atoms with van der Waals surface area (Å²) >= 11 is 0. The molecule has 0 bridgehead atoms. The lowest BCUT2D eigenvalue weighted by Crippen LogP contribution is -2.54. The first-order valence-corrected chi connectivity index (χ1v) is 11.3. The van der Waals surface area contributed by atoms with Crippen molar-refractivity contribution in [2.75, 3.05) is 32.7 Å². The van der Waals surface area contributed by atoms with E-state index in [9.17, 15) is 14.4 Å². The lowest BCUT2D eigenvalue weighted by molar-refractivity contribution is -0.152. The number of benzene rings is 1. The Morgan fingerprint density at radius 1 is 1.06 bits per heavy atom. The summed E-state index contributed by atoms with van der Waals surface area (Å²) in [4.78, 5) is 41.0. The Labute approximate surface area is 188 Å². The number of piperidine rings is 2. The van der Waals surface area contributed by atoms with Crippen molar-refractivity contribution < 1.29 is 24.3 Å². The lowest BCUT2D eigenvalue weighted by atomic mass is 9.83. The number of ether oxygens (including phenoxy) is 1. The van der Waals surface area contributed by atoms with Gasteiger partial charge in [-0.2, -0.15) is 0 Å². The monoisotopic (exact) mass is 446 g/mol. The second-order valence-corrected chi connectivity index (χ2v) is 8.68. The highest BCUT2D eigenvalue weighted by Gasteiger charge is 2.42. The predicted octanol–water partition coefficient (Wildman–Crippen LogP) is 0.822. The van der Waals surface area contributed by atoms with Crippen LogP contribution in [-0.2, 0) is 25.7 Å². The standard InChI is InChI=1S/C23H34N4O5/c1-16-2-4-17(5-3-16)15-32-18-7-11-26(12-8-18)23(30)19-9-13-27(21(28)6-10-24)14-20(19)22(29)25-31/h2-5,18-20,31H,6-15,24H2,1H3,(H,25,29)/t19-,20?/m0/s1. The maximum absolute atomic E-state index is 13.2. The highest BCUT2D eigenvalue weighted by Crippen LogP contribution is 2.28. The molecule has 1 aromatic carbocycles. The van der Waals surface area contributed by atoms with Gasteiger partial charge in [0.05, 0.1) is 24.5 Å². The van der Waals surface area contributed by atoms with Gasteiger partial charge in [-0.3, -0.25) is 19.6 Å². The van der Waals surface area contributed by atoms with Crippen molar-refractivity contribution in [1.29, 1.82) is 0 Å². The van der Waals surface area contributed by atoms with Gasteiger partial charge in [-0.1, -0.05) is 29.8 Å². The molecule has 3 amide bonds. The normalized spacial score (nSPS) is 22.0. The molecule has 9 heteroatoms. The van der Waals surface area contributed by atoms with Gasteiger partial charge in [0, 0.05) is 39.1 Å². The number of nitrogens with one attached hydrogen (secondary N) is 1. The number of carbonyl (C=O) groups is 3. The molecule has 0 saturated carbocycles. The molecule has 0 spiro atoms. The number of hydrogen-bond acceptors (Lipinski definition) is 6. The minimum absolute atomic E-state index is 0.0904. The highest BCUT2D eigenvalue weighted by atomic mass is 16.5. The van der Waals surface area contributed by atoms with E-state index >= 15 is 0 Å². The third-order valence-corrected chi connectivity index (χ3v) is 6.45. The fraction of sp³-hybridized carbons (Fsp3) is 0.609. The van der Waals surface area contributed by atoms with Crippen molar-refractivity contribution >= 4 is 17.7 Å². The van der Waals surface area contributed by atoms with Crippen LogP contribution in [0.3, 0.4) is 0 Å². The van der Waals surface area contributed by atoms with Gasteiger partial charge >= 0.3 is 0 Å². The summed E-state index contributed by atoms with van der Waals surface area (Å²) < 4.78 is 6.03. The summed E-state index contributed by atoms with van der Waals surface area (Å²) in [6.07, 6.45) is 2.15. The molecule has 1 unspecified atom stereocenters. The Morgan fingerprint density at radius 2 is 1.72 bits per heavy atom. The van der Waals surface area contributed by atoms with Crippen molar-refractivity contribution in [3.05, 3.63) is 35.4 Å². The van der Waals surface area contributed by atoms with Gasteiger partial charge in [0.2, 0.25) is 17.7 Å². The zero-order valence-electron chi connectivity index (χ0n) is 18.7. The van der Waals surface area contributed by atoms with Gasteiger partial charge in [0.15, 0.2) is 0 Å². The summed E-state index contributed by atoms with van der Waals surface area (Å²) in [6, 6.07) is 8.25. The van der Waals surface area contributed by atoms with E-state index in [0.717, 1.165) is 18.4 Å². The van der Waals surface area contributed by atoms with Gasteiger partial charge in [-0.15, -0.1) is 0 Å². The summed E-state index contributed by atoms with van der Waals surface area (Å²) in [5.41, 5.74) is 9.47. The summed E-state index contributed by atoms with van der Waals surface area (Å²) in [5, 5.41) is 9.16. The Morgan fingerprint density at radius 3 is 2.34 bits per heavy atom. The van der Waals surface area contributed by atoms with Crippen LogP contribution in [-0.4, -0.2) is 71.6 Å². The van der Waals surface area contributed by atoms with Crippen LogP contribution in [0.1, 0.15) is 36.8 Å². The second kappa shape index (κ2) is 11.4. The van der Waals surface area contributed by atoms with E-state index in [0.29, 0.717) is 32.7 Å². The predicted molar refractivity (Wildman–Crippen MR) is 117 cm³/mol. The largest absolute Gasteiger partial charge is 0.373 e. The molecule has 2 saturated heterocycles. The third kappa shape index (κ3) is 6.05. The third-order valence-electron chi connectivity index (χ3n) is 6.45. The maximum atomic E-state index is 13.2. The zero-order valence-corrected chi connectivity index (χ0v) is 18.7. The molecule has 1 aromatic rings. The van der Waals surface area contributed by atoms with Gasteiger partial charge in [-0.05, 0) is 31.7 Å². The van der Waals surface area contributed by atoms with Crippen molar-refractivity contribution in [3.63, 3.8) is 0 Å². The quantitative estimate of drug-likeness (QED) is 0.421. The average molecular weight is 447 g/mol. The Bertz CT molecular complexity index is 792. The van der Waals surface area contributed by atoms with Crippen LogP contribution in [0.15, 0.2) is 24.3 Å². The molecule has 0 radical (unpaired) electrons. The number of rotatable bonds is 7. The molecule has 0 aromatic heterocycles. The molecule has 9 nitrogen and oxygen atoms in total. The molecule has 3 rings (SSSR count). The van der Waals surface area contributed by atoms with Crippen LogP contribution < -0.4 is 11.2 Å². The Hall–Kier alpha value is -2.49. The molecule has 2 fully saturated rings. The van der Waals surface area contributed by atoms with Crippen LogP contribution in [0, 0.1) is 18.8 Å². The van der Waals surface area contributed by atoms with Crippen LogP contribution >= 0.6 is 0 Å². The minimum atomic E-state index is -0.779. The van der Waals surface area contributed by atoms with Crippen molar-refractivity contribution in [2.45, 2.75) is 45.3 Å². The van der Waals surface area contributed by atoms with E-state index in [1.54, 1.807) is 15.3 Å². The van der Waals surface area contributed by atoms with E-state index in [-0.39, 0.29) is 37.4 Å². The molecule has 2 atom stereocenters. The first kappa shape index (κ1) is 24.2. The Kier molecular flexibility index (Phi) is 8.60. The van der Waals surface area contributed by atoms with Gasteiger partial charge in [-0.25, -0.2) is 5.48 Å². The number of aryl methyl sites for hydroxylation is 1. The number of amides is 3. The van der Waals surface area contributed by atoms with Crippen molar-refractivity contribution in [3.8, 4) is 0 Å². The van der Waals surface area contributed by atoms with Crippen LogP contribution in [0.4, 0.5) is 0 Å². The first-order chi connectivity index (χ1) is 15.4. The van der Waals surface area contributed by atoms with E-state index in [1.807, 2.05) is 6.92 Å². The molecular weight excluding hydrogens is 412 g/mol. The number of nitrogens with two attached hydrogens (primary N) is 1. The van der Waals surface area contributed by atoms with Gasteiger partial charge < -0.3 is 20.3 Å². The zero-order chi connectivity index (χ0) is 23.1. The van der Waals surface area contributed by atoms with Crippen LogP contribution in [0.25, 0.3) is 0 Å². The number of hydroxylamine groups is 1. The van der Waals surface area contributed by atoms with E-state index < -0.39 is 17.7 Å². The van der Waals surface area contributed by atoms with Gasteiger partial charge in [0.25, 0.3) is 0 Å². The molecule has 2 aliphatic heterocycles. The first-order valence-electron chi connectivity index (χ1n) is 11.3. The summed E-state index contributed by atoms with van der Waals surface area (Å²) in [7, 11) is 0. The van der Waals surface area contributed by atoms with Crippen molar-refractivity contribution in [1.82, 2.24) is 15.3 Å². The molecule has 0 aliphatic carbocycles. The number of likely N-dealkylation sites (tertiary alicyclic amines) is 2. The van der Waals surface area contributed by atoms with Crippen LogP contribution in [0.5, 0.6) is 0 Å². The lowest BCUT2D eigenvalue weighted by Gasteiger charge is -2.40. The highest BCUT2D eigenvalue weighted by molar-refractivity contribution is 5.88. The maximum Gasteiger partial charge on any atom is 0.249 e. The molecule has 176 valence electrons. The molecular formula is C23H34N4O5. The molecule has 2 aliphatic rings. The van der Waals surface area contributed by atoms with Crippen molar-refractivity contribution in [2.24, 2.45) is 17.6 Å². The number of carbonyl (C=O) groups excluding carboxylic acids is 3. The minimum Gasteiger partial charge on any atom is -0.373 e. The average Bonchev–Trinajstić information content (AvgIpc) is 2.83. The molecule has 32 heavy (non-hydrogen) atoms. The van der Waals surface area contributed by atoms with E-state index in [2.05, 4.69) is 24.3 Å². The fourth-order valence-corrected chi connectivity index (χ4v) is 4.48. The number of hydrogen-bond donors (Lipinski definition) is 3. The fourth-order valence-electron chi connectivity index (χ4n) is 4.48. The SMILES string of the molecule is Cc1ccc(COC2CCN(C(=O)[C@H]3CCN(C(=O)CCN)CC3C(=O)NO)CC2)cc1. The Balaban J connectivity index is 1.53. The topological polar surface area (TPSA) is 125 Å². The van der Waals surface area contributed by atoms with Crippen LogP contribution in [0.2, 0.25) is 0 Å². The summed E-state index contributed by atoms with van der Waals surface area (Å²) in [5.74, 6) is -2.21. The molecule has 4 N–H and O–H groups in total. The summed E-state index contributed by atoms with van der Waals surface area (Å²) in [6.45, 7) is 4.48. The van der Waals surface area contributed by atoms with E-state index in [1.165, 1.54) is 5.56 Å². The van der Waals surface area contributed by atoms with Gasteiger partial charge in [0.1, 0.15) is 0 Å². The molecule has 2 heterocycles. The van der Waals surface area contributed by atoms with E-state index in [4.69, 9.17) is 15.7 Å². The number of nitrogens with zero attached hydrogens (tertiary/aromatic N) is 2.